The summed E-state index contributed by atoms with van der Waals surface area (Å²) in [5.41, 5.74) is 0.372. The molecule has 1 fully saturated rings. The van der Waals surface area contributed by atoms with E-state index >= 15 is 0 Å². The van der Waals surface area contributed by atoms with E-state index in [1.54, 1.807) is 27.5 Å². The maximum atomic E-state index is 3.67. The topological polar surface area (TPSA) is 0 Å². The van der Waals surface area contributed by atoms with Gasteiger partial charge in [0.15, 0.2) is 0 Å². The molecule has 2 rings (SSSR count). The molecule has 2 bridgehead atoms. The number of rotatable bonds is 2. The Bertz CT molecular complexity index is 285. The summed E-state index contributed by atoms with van der Waals surface area (Å²) in [6.07, 6.45) is 7.89. The van der Waals surface area contributed by atoms with Gasteiger partial charge in [0.1, 0.15) is 0 Å². The molecular formula is C12H17SW-. The first-order valence-electron chi connectivity index (χ1n) is 5.32. The first-order chi connectivity index (χ1) is 6.47. The Kier molecular flexibility index (Phi) is 3.11. The fraction of sp³-hybridized carbons (Fsp3) is 0.750. The van der Waals surface area contributed by atoms with Crippen LogP contribution in [0.5, 0.6) is 0 Å². The summed E-state index contributed by atoms with van der Waals surface area (Å²) in [4.78, 5) is 1.57. The Morgan fingerprint density at radius 3 is 2.57 bits per heavy atom. The zero-order chi connectivity index (χ0) is 10.3. The van der Waals surface area contributed by atoms with Crippen molar-refractivity contribution in [1.82, 2.24) is 0 Å². The molecule has 2 unspecified atom stereocenters. The van der Waals surface area contributed by atoms with E-state index in [-0.39, 0.29) is 0 Å². The van der Waals surface area contributed by atoms with Gasteiger partial charge in [-0.1, -0.05) is 0 Å². The molecule has 0 spiro atoms. The number of hydrogen-bond donors (Lipinski definition) is 0. The molecule has 2 aliphatic rings. The molecule has 0 N–H and O–H groups in total. The van der Waals surface area contributed by atoms with Crippen molar-refractivity contribution in [2.75, 3.05) is 0 Å². The third-order valence-corrected chi connectivity index (χ3v) is 7.53. The van der Waals surface area contributed by atoms with Crippen LogP contribution < -0.4 is 0 Å². The molecule has 0 radical (unpaired) electrons. The van der Waals surface area contributed by atoms with Gasteiger partial charge in [-0.2, -0.15) is 0 Å². The van der Waals surface area contributed by atoms with Gasteiger partial charge in [-0.05, 0) is 0 Å². The van der Waals surface area contributed by atoms with Crippen molar-refractivity contribution in [2.45, 2.75) is 40.0 Å². The van der Waals surface area contributed by atoms with Crippen LogP contribution in [0, 0.1) is 23.3 Å². The first-order valence-corrected chi connectivity index (χ1v) is 7.61. The predicted molar refractivity (Wildman–Crippen MR) is 59.6 cm³/mol. The Morgan fingerprint density at radius 2 is 2.14 bits per heavy atom. The van der Waals surface area contributed by atoms with Gasteiger partial charge in [0.2, 0.25) is 0 Å². The maximum absolute atomic E-state index is 3.67. The normalized spacial score (nSPS) is 30.6. The second-order valence-corrected chi connectivity index (χ2v) is 8.90. The van der Waals surface area contributed by atoms with Gasteiger partial charge in [-0.15, -0.1) is 0 Å². The molecular weight excluding hydrogens is 360 g/mol. The van der Waals surface area contributed by atoms with Crippen molar-refractivity contribution in [3.05, 3.63) is 11.0 Å². The van der Waals surface area contributed by atoms with Crippen LogP contribution in [0.1, 0.15) is 40.0 Å². The Hall–Kier alpha value is 0.648. The van der Waals surface area contributed by atoms with Crippen molar-refractivity contribution in [3.63, 3.8) is 0 Å². The zero-order valence-electron chi connectivity index (χ0n) is 9.09. The van der Waals surface area contributed by atoms with Crippen LogP contribution in [0.2, 0.25) is 0 Å². The number of allylic oxidation sites excluding steroid dienone is 2. The molecule has 2 aliphatic carbocycles. The van der Waals surface area contributed by atoms with E-state index in [9.17, 15) is 0 Å². The third kappa shape index (κ3) is 2.25. The zero-order valence-corrected chi connectivity index (χ0v) is 12.8. The fourth-order valence-electron chi connectivity index (χ4n) is 2.04. The monoisotopic (exact) mass is 377 g/mol. The molecule has 0 aromatic heterocycles. The molecule has 0 amide bonds. The van der Waals surface area contributed by atoms with Crippen LogP contribution in [0.15, 0.2) is 4.91 Å². The summed E-state index contributed by atoms with van der Waals surface area (Å²) < 4.78 is 1.62. The molecule has 0 aromatic carbocycles. The summed E-state index contributed by atoms with van der Waals surface area (Å²) in [6, 6.07) is 0. The average Bonchev–Trinajstić information content (AvgIpc) is 2.62. The van der Waals surface area contributed by atoms with Crippen LogP contribution in [0.4, 0.5) is 0 Å². The number of hydrogen-bond acceptors (Lipinski definition) is 1. The Morgan fingerprint density at radius 1 is 1.43 bits per heavy atom. The van der Waals surface area contributed by atoms with Gasteiger partial charge in [-0.3, -0.25) is 0 Å². The molecule has 0 nitrogen and oxygen atoms in total. The van der Waals surface area contributed by atoms with E-state index in [0.717, 1.165) is 11.8 Å². The quantitative estimate of drug-likeness (QED) is 0.664. The molecule has 78 valence electrons. The van der Waals surface area contributed by atoms with Crippen molar-refractivity contribution in [1.29, 1.82) is 0 Å². The van der Waals surface area contributed by atoms with Crippen molar-refractivity contribution in [3.8, 4) is 0 Å². The molecule has 2 atom stereocenters. The number of fused-ring (bicyclic) bond motifs is 2. The molecule has 0 aliphatic heterocycles. The predicted octanol–water partition coefficient (Wildman–Crippen LogP) is 3.56. The number of thioether (sulfide) groups is 1. The van der Waals surface area contributed by atoms with Crippen molar-refractivity contribution < 1.29 is 19.4 Å². The fourth-order valence-corrected chi connectivity index (χ4v) is 4.12. The van der Waals surface area contributed by atoms with Gasteiger partial charge in [0.05, 0.1) is 0 Å². The van der Waals surface area contributed by atoms with Crippen LogP contribution in [-0.4, -0.2) is 3.23 Å². The van der Waals surface area contributed by atoms with Crippen LogP contribution in [-0.2, 0) is 19.4 Å². The van der Waals surface area contributed by atoms with E-state index in [1.807, 2.05) is 11.8 Å². The van der Waals surface area contributed by atoms with Crippen molar-refractivity contribution in [2.24, 2.45) is 17.3 Å². The van der Waals surface area contributed by atoms with Gasteiger partial charge < -0.3 is 0 Å². The third-order valence-electron chi connectivity index (χ3n) is 2.96. The minimum atomic E-state index is 0.372. The second kappa shape index (κ2) is 3.90. The Labute approximate surface area is 102 Å². The standard InChI is InChI=1S/C12H17S.W/c1-12(2,3)8-13-11-7-9-4-5-10(11)6-9;/h9-10H,4-6H2,1-3H3;/q-1;. The van der Waals surface area contributed by atoms with Gasteiger partial charge in [-0.25, -0.2) is 0 Å². The summed E-state index contributed by atoms with van der Waals surface area (Å²) >= 11 is 3.67. The van der Waals surface area contributed by atoms with Crippen LogP contribution in [0.25, 0.3) is 0 Å². The van der Waals surface area contributed by atoms with Crippen molar-refractivity contribution >= 4 is 15.0 Å². The summed E-state index contributed by atoms with van der Waals surface area (Å²) in [7, 11) is 0. The Balaban J connectivity index is 2.00. The summed E-state index contributed by atoms with van der Waals surface area (Å²) in [6.45, 7) is 6.95. The molecule has 1 saturated carbocycles. The second-order valence-electron chi connectivity index (χ2n) is 5.36. The molecule has 0 aromatic rings. The molecule has 14 heavy (non-hydrogen) atoms. The average molecular weight is 377 g/mol. The van der Waals surface area contributed by atoms with Crippen LogP contribution >= 0.6 is 11.8 Å². The molecule has 0 heterocycles. The van der Waals surface area contributed by atoms with Gasteiger partial charge in [0, 0.05) is 0 Å². The van der Waals surface area contributed by atoms with E-state index < -0.39 is 0 Å². The summed E-state index contributed by atoms with van der Waals surface area (Å²) in [5.74, 6) is 1.69. The minimum absolute atomic E-state index is 0.372. The summed E-state index contributed by atoms with van der Waals surface area (Å²) in [5, 5.41) is 0. The SMILES string of the molecule is CC(C)(C)[C](=[W])SC1=[C-]C2CCC1C2. The van der Waals surface area contributed by atoms with E-state index in [4.69, 9.17) is 0 Å². The van der Waals surface area contributed by atoms with Crippen LogP contribution in [0.3, 0.4) is 0 Å². The first kappa shape index (κ1) is 11.1. The van der Waals surface area contributed by atoms with E-state index in [0.29, 0.717) is 5.41 Å². The molecule has 2 heteroatoms. The van der Waals surface area contributed by atoms with Gasteiger partial charge in [0.25, 0.3) is 0 Å². The van der Waals surface area contributed by atoms with Gasteiger partial charge >= 0.3 is 103 Å². The molecule has 0 saturated heterocycles. The van der Waals surface area contributed by atoms with E-state index in [1.165, 1.54) is 19.3 Å². The van der Waals surface area contributed by atoms with E-state index in [2.05, 4.69) is 26.8 Å².